The van der Waals surface area contributed by atoms with E-state index in [2.05, 4.69) is 24.5 Å². The molecule has 2 unspecified atom stereocenters. The van der Waals surface area contributed by atoms with Gasteiger partial charge in [0, 0.05) is 42.1 Å². The van der Waals surface area contributed by atoms with Crippen LogP contribution >= 0.6 is 0 Å². The maximum Gasteiger partial charge on any atom is 0 e. The molecule has 0 N–H and O–H groups in total. The van der Waals surface area contributed by atoms with Crippen LogP contribution in [0.25, 0.3) is 10.6 Å². The van der Waals surface area contributed by atoms with E-state index in [9.17, 15) is 0 Å². The first-order valence-electron chi connectivity index (χ1n) is 4.19. The van der Waals surface area contributed by atoms with E-state index in [1.54, 1.807) is 0 Å². The number of nitrogens with zero attached hydrogens (tertiary/aromatic N) is 2. The molecule has 0 bridgehead atoms. The quantitative estimate of drug-likeness (QED) is 0.711. The second-order valence-corrected chi connectivity index (χ2v) is 2.94. The van der Waals surface area contributed by atoms with Gasteiger partial charge < -0.3 is 10.6 Å². The molecule has 0 spiro atoms. The standard InChI is InChI=1S/C8H16N2.2Mo/c1-3-7(2)10-8-5-4-6-9-8;;/h7-8H,3-6H2,1-2H3;;/q-2;;. The molecule has 2 nitrogen and oxygen atoms in total. The van der Waals surface area contributed by atoms with Gasteiger partial charge in [-0.05, 0) is 0 Å². The van der Waals surface area contributed by atoms with Gasteiger partial charge in [-0.2, -0.15) is 6.54 Å². The first-order valence-corrected chi connectivity index (χ1v) is 4.19. The van der Waals surface area contributed by atoms with Crippen LogP contribution in [0.1, 0.15) is 33.1 Å². The van der Waals surface area contributed by atoms with Crippen LogP contribution in [-0.4, -0.2) is 18.8 Å². The van der Waals surface area contributed by atoms with Gasteiger partial charge in [-0.3, -0.25) is 0 Å². The summed E-state index contributed by atoms with van der Waals surface area (Å²) in [6.45, 7) is 5.36. The van der Waals surface area contributed by atoms with E-state index >= 15 is 0 Å². The van der Waals surface area contributed by atoms with E-state index in [1.165, 1.54) is 12.8 Å². The van der Waals surface area contributed by atoms with Crippen LogP contribution in [0.4, 0.5) is 0 Å². The summed E-state index contributed by atoms with van der Waals surface area (Å²) in [5, 5.41) is 8.88. The van der Waals surface area contributed by atoms with Crippen molar-refractivity contribution in [1.29, 1.82) is 0 Å². The summed E-state index contributed by atoms with van der Waals surface area (Å²) in [5.74, 6) is 0. The van der Waals surface area contributed by atoms with Crippen molar-refractivity contribution in [2.24, 2.45) is 0 Å². The predicted molar refractivity (Wildman–Crippen MR) is 44.4 cm³/mol. The minimum absolute atomic E-state index is 0. The van der Waals surface area contributed by atoms with E-state index < -0.39 is 0 Å². The molecular weight excluding hydrogens is 316 g/mol. The molecule has 1 fully saturated rings. The molecule has 2 atom stereocenters. The Balaban J connectivity index is 0. The monoisotopic (exact) mass is 336 g/mol. The summed E-state index contributed by atoms with van der Waals surface area (Å²) >= 11 is 0. The van der Waals surface area contributed by atoms with Crippen molar-refractivity contribution in [1.82, 2.24) is 0 Å². The molecule has 0 saturated carbocycles. The zero-order chi connectivity index (χ0) is 7.40. The minimum atomic E-state index is 0. The number of hydrogen-bond acceptors (Lipinski definition) is 0. The smallest absolute Gasteiger partial charge is 0 e. The molecule has 1 aliphatic rings. The third-order valence-corrected chi connectivity index (χ3v) is 1.98. The van der Waals surface area contributed by atoms with Gasteiger partial charge in [0.2, 0.25) is 0 Å². The van der Waals surface area contributed by atoms with Gasteiger partial charge >= 0.3 is 0 Å². The largest absolute Gasteiger partial charge is 0.678 e. The molecule has 0 aromatic carbocycles. The van der Waals surface area contributed by atoms with Crippen LogP contribution in [0.15, 0.2) is 0 Å². The fourth-order valence-electron chi connectivity index (χ4n) is 1.13. The average Bonchev–Trinajstić information content (AvgIpc) is 2.40. The van der Waals surface area contributed by atoms with Crippen molar-refractivity contribution in [3.8, 4) is 0 Å². The van der Waals surface area contributed by atoms with Crippen molar-refractivity contribution in [3.63, 3.8) is 0 Å². The summed E-state index contributed by atoms with van der Waals surface area (Å²) in [5.41, 5.74) is 0. The average molecular weight is 332 g/mol. The fourth-order valence-corrected chi connectivity index (χ4v) is 1.13. The van der Waals surface area contributed by atoms with E-state index in [4.69, 9.17) is 0 Å². The SMILES string of the molecule is CCC(C)[N-]C1CCC[N-]1.[Mo].[Mo]. The Labute approximate surface area is 104 Å². The summed E-state index contributed by atoms with van der Waals surface area (Å²) in [6.07, 6.45) is 3.91. The van der Waals surface area contributed by atoms with Crippen molar-refractivity contribution in [2.45, 2.75) is 45.3 Å². The third-order valence-electron chi connectivity index (χ3n) is 1.98. The summed E-state index contributed by atoms with van der Waals surface area (Å²) < 4.78 is 0. The van der Waals surface area contributed by atoms with Crippen LogP contribution in [0, 0.1) is 0 Å². The molecule has 1 heterocycles. The Morgan fingerprint density at radius 2 is 2.17 bits per heavy atom. The Morgan fingerprint density at radius 1 is 1.50 bits per heavy atom. The van der Waals surface area contributed by atoms with E-state index in [-0.39, 0.29) is 42.1 Å². The van der Waals surface area contributed by atoms with Crippen LogP contribution in [0.5, 0.6) is 0 Å². The second-order valence-electron chi connectivity index (χ2n) is 2.94. The molecule has 0 aromatic heterocycles. The van der Waals surface area contributed by atoms with Crippen molar-refractivity contribution >= 4 is 0 Å². The maximum absolute atomic E-state index is 4.53. The van der Waals surface area contributed by atoms with Gasteiger partial charge in [0.15, 0.2) is 0 Å². The number of rotatable bonds is 3. The van der Waals surface area contributed by atoms with Crippen LogP contribution in [0.3, 0.4) is 0 Å². The van der Waals surface area contributed by atoms with Gasteiger partial charge in [0.25, 0.3) is 0 Å². The molecule has 0 radical (unpaired) electrons. The second kappa shape index (κ2) is 8.88. The molecule has 1 aliphatic heterocycles. The Morgan fingerprint density at radius 3 is 2.58 bits per heavy atom. The summed E-state index contributed by atoms with van der Waals surface area (Å²) in [7, 11) is 0. The normalized spacial score (nSPS) is 24.0. The Kier molecular flexibility index (Phi) is 11.7. The fraction of sp³-hybridized carbons (Fsp3) is 1.00. The van der Waals surface area contributed by atoms with Gasteiger partial charge in [0.05, 0.1) is 0 Å². The molecule has 12 heavy (non-hydrogen) atoms. The summed E-state index contributed by atoms with van der Waals surface area (Å²) in [4.78, 5) is 0. The van der Waals surface area contributed by atoms with Crippen molar-refractivity contribution in [2.75, 3.05) is 6.54 Å². The number of hydrogen-bond donors (Lipinski definition) is 0. The van der Waals surface area contributed by atoms with Gasteiger partial charge in [-0.25, -0.2) is 6.17 Å². The summed E-state index contributed by atoms with van der Waals surface area (Å²) in [6, 6.07) is 0.506. The van der Waals surface area contributed by atoms with Crippen molar-refractivity contribution < 1.29 is 42.1 Å². The zero-order valence-electron chi connectivity index (χ0n) is 7.69. The third kappa shape index (κ3) is 5.86. The van der Waals surface area contributed by atoms with Gasteiger partial charge in [0.1, 0.15) is 0 Å². The predicted octanol–water partition coefficient (Wildman–Crippen LogP) is 2.65. The minimum Gasteiger partial charge on any atom is -0.678 e. The Hall–Kier alpha value is 1.30. The van der Waals surface area contributed by atoms with E-state index in [0.717, 1.165) is 13.0 Å². The first kappa shape index (κ1) is 15.8. The molecule has 0 aromatic rings. The van der Waals surface area contributed by atoms with Gasteiger partial charge in [-0.15, -0.1) is 6.04 Å². The molecule has 1 rings (SSSR count). The van der Waals surface area contributed by atoms with E-state index in [1.807, 2.05) is 0 Å². The Bertz CT molecular complexity index is 95.1. The van der Waals surface area contributed by atoms with E-state index in [0.29, 0.717) is 12.2 Å². The van der Waals surface area contributed by atoms with Crippen LogP contribution < -0.4 is 0 Å². The molecule has 0 amide bonds. The van der Waals surface area contributed by atoms with Crippen molar-refractivity contribution in [3.05, 3.63) is 10.6 Å². The molecule has 0 aliphatic carbocycles. The van der Waals surface area contributed by atoms with Gasteiger partial charge in [-0.1, -0.05) is 33.1 Å². The van der Waals surface area contributed by atoms with Crippen LogP contribution in [-0.2, 0) is 42.1 Å². The molecule has 1 saturated heterocycles. The molecule has 4 heteroatoms. The molecule has 72 valence electrons. The topological polar surface area (TPSA) is 28.2 Å². The molecular formula is C8H16Mo2N2-2. The van der Waals surface area contributed by atoms with Crippen LogP contribution in [0.2, 0.25) is 0 Å². The first-order chi connectivity index (χ1) is 4.83. The maximum atomic E-state index is 4.53. The zero-order valence-corrected chi connectivity index (χ0v) is 11.7.